The summed E-state index contributed by atoms with van der Waals surface area (Å²) >= 11 is 0. The van der Waals surface area contributed by atoms with E-state index in [4.69, 9.17) is 9.84 Å². The average Bonchev–Trinajstić information content (AvgIpc) is 3.10. The second-order valence-electron chi connectivity index (χ2n) is 8.46. The minimum absolute atomic E-state index is 0.00144. The highest BCUT2D eigenvalue weighted by Crippen LogP contribution is 2.44. The number of amides is 2. The van der Waals surface area contributed by atoms with Gasteiger partial charge in [-0.25, -0.2) is 13.2 Å². The van der Waals surface area contributed by atoms with Crippen LogP contribution in [0.5, 0.6) is 0 Å². The predicted octanol–water partition coefficient (Wildman–Crippen LogP) is 2.02. The lowest BCUT2D eigenvalue weighted by molar-refractivity contribution is -0.140. The van der Waals surface area contributed by atoms with E-state index in [1.54, 1.807) is 0 Å². The van der Waals surface area contributed by atoms with Crippen LogP contribution in [-0.2, 0) is 24.2 Å². The number of carboxylic acid groups (broad SMARTS) is 1. The maximum atomic E-state index is 12.6. The van der Waals surface area contributed by atoms with Crippen LogP contribution in [0.3, 0.4) is 0 Å². The van der Waals surface area contributed by atoms with E-state index in [0.717, 1.165) is 22.3 Å². The van der Waals surface area contributed by atoms with Crippen LogP contribution >= 0.6 is 0 Å². The van der Waals surface area contributed by atoms with Crippen molar-refractivity contribution >= 4 is 27.8 Å². The van der Waals surface area contributed by atoms with E-state index in [1.807, 2.05) is 48.5 Å². The van der Waals surface area contributed by atoms with Crippen molar-refractivity contribution in [3.8, 4) is 11.1 Å². The number of carboxylic acids is 1. The number of carbonyl (C=O) groups excluding carboxylic acids is 2. The SMILES string of the molecule is O=C(O)CC1CS(=O)(=O)CCN1C(=O)CCNC(=O)OCC1c2ccccc2-c2ccccc21. The topological polar surface area (TPSA) is 130 Å². The number of aliphatic carboxylic acids is 1. The summed E-state index contributed by atoms with van der Waals surface area (Å²) in [5.74, 6) is -2.22. The standard InChI is InChI=1S/C24H26N2O7S/c27-22(26-11-12-34(31,32)15-16(26)13-23(28)29)9-10-25-24(30)33-14-21-19-7-3-1-5-17(19)18-6-2-4-8-20(18)21/h1-8,16,21H,9-15H2,(H,25,30)(H,28,29). The first-order chi connectivity index (χ1) is 16.2. The van der Waals surface area contributed by atoms with Crippen molar-refractivity contribution in [3.63, 3.8) is 0 Å². The molecule has 1 fully saturated rings. The number of hydrogen-bond donors (Lipinski definition) is 2. The third-order valence-electron chi connectivity index (χ3n) is 6.21. The van der Waals surface area contributed by atoms with E-state index < -0.39 is 40.3 Å². The third kappa shape index (κ3) is 5.22. The summed E-state index contributed by atoms with van der Waals surface area (Å²) in [5, 5.41) is 11.6. The van der Waals surface area contributed by atoms with Crippen LogP contribution in [0.15, 0.2) is 48.5 Å². The lowest BCUT2D eigenvalue weighted by atomic mass is 9.98. The molecule has 1 aliphatic heterocycles. The van der Waals surface area contributed by atoms with Crippen molar-refractivity contribution in [2.45, 2.75) is 24.8 Å². The summed E-state index contributed by atoms with van der Waals surface area (Å²) < 4.78 is 29.1. The van der Waals surface area contributed by atoms with Crippen molar-refractivity contribution in [1.82, 2.24) is 10.2 Å². The normalized spacial score (nSPS) is 18.6. The van der Waals surface area contributed by atoms with Crippen LogP contribution in [-0.4, -0.2) is 73.6 Å². The van der Waals surface area contributed by atoms with E-state index in [9.17, 15) is 22.8 Å². The molecule has 1 aliphatic carbocycles. The lowest BCUT2D eigenvalue weighted by Gasteiger charge is -2.34. The van der Waals surface area contributed by atoms with E-state index >= 15 is 0 Å². The van der Waals surface area contributed by atoms with Gasteiger partial charge in [-0.05, 0) is 22.3 Å². The molecule has 0 radical (unpaired) electrons. The smallest absolute Gasteiger partial charge is 0.407 e. The monoisotopic (exact) mass is 486 g/mol. The van der Waals surface area contributed by atoms with Gasteiger partial charge in [0.25, 0.3) is 0 Å². The highest BCUT2D eigenvalue weighted by molar-refractivity contribution is 7.91. The zero-order valence-electron chi connectivity index (χ0n) is 18.5. The maximum Gasteiger partial charge on any atom is 0.407 e. The van der Waals surface area contributed by atoms with Gasteiger partial charge in [-0.15, -0.1) is 0 Å². The molecule has 9 nitrogen and oxygen atoms in total. The van der Waals surface area contributed by atoms with Gasteiger partial charge in [-0.1, -0.05) is 48.5 Å². The molecule has 2 aromatic carbocycles. The summed E-state index contributed by atoms with van der Waals surface area (Å²) in [6.07, 6.45) is -1.18. The molecule has 1 saturated heterocycles. The summed E-state index contributed by atoms with van der Waals surface area (Å²) in [6.45, 7) is 0.0983. The quantitative estimate of drug-likeness (QED) is 0.612. The summed E-state index contributed by atoms with van der Waals surface area (Å²) in [5.41, 5.74) is 4.43. The minimum Gasteiger partial charge on any atom is -0.481 e. The Morgan fingerprint density at radius 1 is 1.03 bits per heavy atom. The summed E-state index contributed by atoms with van der Waals surface area (Å²) in [6, 6.07) is 15.1. The number of alkyl carbamates (subject to hydrolysis) is 1. The molecule has 2 N–H and O–H groups in total. The molecule has 2 aromatic rings. The molecule has 0 bridgehead atoms. The van der Waals surface area contributed by atoms with E-state index in [-0.39, 0.29) is 43.5 Å². The van der Waals surface area contributed by atoms with Gasteiger partial charge in [0, 0.05) is 25.4 Å². The van der Waals surface area contributed by atoms with Crippen LogP contribution in [0.25, 0.3) is 11.1 Å². The second kappa shape index (κ2) is 9.84. The summed E-state index contributed by atoms with van der Waals surface area (Å²) in [4.78, 5) is 37.2. The van der Waals surface area contributed by atoms with Crippen LogP contribution in [0, 0.1) is 0 Å². The summed E-state index contributed by atoms with van der Waals surface area (Å²) in [7, 11) is -3.38. The Hall–Kier alpha value is -3.40. The van der Waals surface area contributed by atoms with Gasteiger partial charge in [-0.3, -0.25) is 9.59 Å². The van der Waals surface area contributed by atoms with Gasteiger partial charge in [-0.2, -0.15) is 0 Å². The molecule has 0 saturated carbocycles. The first-order valence-corrected chi connectivity index (χ1v) is 12.9. The molecule has 1 heterocycles. The van der Waals surface area contributed by atoms with Gasteiger partial charge in [0.15, 0.2) is 9.84 Å². The average molecular weight is 487 g/mol. The zero-order valence-corrected chi connectivity index (χ0v) is 19.3. The second-order valence-corrected chi connectivity index (χ2v) is 10.7. The number of carbonyl (C=O) groups is 3. The first-order valence-electron chi connectivity index (χ1n) is 11.1. The molecule has 34 heavy (non-hydrogen) atoms. The molecule has 1 atom stereocenters. The molecule has 10 heteroatoms. The fraction of sp³-hybridized carbons (Fsp3) is 0.375. The Labute approximate surface area is 197 Å². The van der Waals surface area contributed by atoms with Crippen LogP contribution < -0.4 is 5.32 Å². The molecule has 1 unspecified atom stereocenters. The van der Waals surface area contributed by atoms with Crippen molar-refractivity contribution < 1.29 is 32.6 Å². The highest BCUT2D eigenvalue weighted by atomic mass is 32.2. The number of fused-ring (bicyclic) bond motifs is 3. The number of nitrogens with zero attached hydrogens (tertiary/aromatic N) is 1. The van der Waals surface area contributed by atoms with Crippen molar-refractivity contribution in [2.24, 2.45) is 0 Å². The number of ether oxygens (including phenoxy) is 1. The highest BCUT2D eigenvalue weighted by Gasteiger charge is 2.35. The number of benzene rings is 2. The number of nitrogens with one attached hydrogen (secondary N) is 1. The fourth-order valence-corrected chi connectivity index (χ4v) is 6.18. The Bertz CT molecular complexity index is 1170. The van der Waals surface area contributed by atoms with Crippen LogP contribution in [0.4, 0.5) is 4.79 Å². The van der Waals surface area contributed by atoms with Gasteiger partial charge in [0.2, 0.25) is 5.91 Å². The largest absolute Gasteiger partial charge is 0.481 e. The van der Waals surface area contributed by atoms with Crippen molar-refractivity contribution in [2.75, 3.05) is 31.2 Å². The van der Waals surface area contributed by atoms with Crippen LogP contribution in [0.1, 0.15) is 29.9 Å². The van der Waals surface area contributed by atoms with E-state index in [2.05, 4.69) is 5.32 Å². The van der Waals surface area contributed by atoms with Gasteiger partial charge >= 0.3 is 12.1 Å². The Morgan fingerprint density at radius 2 is 1.65 bits per heavy atom. The molecular weight excluding hydrogens is 460 g/mol. The van der Waals surface area contributed by atoms with Crippen LogP contribution in [0.2, 0.25) is 0 Å². The third-order valence-corrected chi connectivity index (χ3v) is 7.91. The molecule has 4 rings (SSSR count). The van der Waals surface area contributed by atoms with E-state index in [1.165, 1.54) is 4.90 Å². The molecule has 0 aromatic heterocycles. The van der Waals surface area contributed by atoms with Gasteiger partial charge in [0.1, 0.15) is 6.61 Å². The Morgan fingerprint density at radius 3 is 2.26 bits per heavy atom. The Kier molecular flexibility index (Phi) is 6.87. The molecule has 2 aliphatic rings. The molecular formula is C24H26N2O7S. The van der Waals surface area contributed by atoms with E-state index in [0.29, 0.717) is 0 Å². The predicted molar refractivity (Wildman–Crippen MR) is 124 cm³/mol. The van der Waals surface area contributed by atoms with Crippen molar-refractivity contribution in [1.29, 1.82) is 0 Å². The minimum atomic E-state index is -3.38. The Balaban J connectivity index is 1.29. The zero-order chi connectivity index (χ0) is 24.3. The first kappa shape index (κ1) is 23.7. The number of hydrogen-bond acceptors (Lipinski definition) is 6. The van der Waals surface area contributed by atoms with Gasteiger partial charge in [0.05, 0.1) is 24.0 Å². The maximum absolute atomic E-state index is 12.6. The van der Waals surface area contributed by atoms with Gasteiger partial charge < -0.3 is 20.1 Å². The molecule has 0 spiro atoms. The number of sulfone groups is 1. The lowest BCUT2D eigenvalue weighted by Crippen LogP contribution is -2.52. The number of rotatable bonds is 7. The molecule has 2 amide bonds. The fourth-order valence-electron chi connectivity index (χ4n) is 4.65. The van der Waals surface area contributed by atoms with Crippen molar-refractivity contribution in [3.05, 3.63) is 59.7 Å². The molecule has 180 valence electrons.